The van der Waals surface area contributed by atoms with Crippen molar-refractivity contribution in [1.29, 1.82) is 0 Å². The second-order valence-corrected chi connectivity index (χ2v) is 8.26. The minimum atomic E-state index is -5.15. The lowest BCUT2D eigenvalue weighted by Gasteiger charge is -2.36. The summed E-state index contributed by atoms with van der Waals surface area (Å²) in [6.45, 7) is 0. The van der Waals surface area contributed by atoms with Crippen LogP contribution in [-0.2, 0) is 17.1 Å². The molecule has 1 amide bonds. The second-order valence-electron chi connectivity index (χ2n) is 7.89. The van der Waals surface area contributed by atoms with Gasteiger partial charge in [-0.05, 0) is 49.4 Å². The molecule has 2 bridgehead atoms. The molecule has 13 heteroatoms. The normalized spacial score (nSPS) is 22.7. The highest BCUT2D eigenvalue weighted by atomic mass is 35.5. The van der Waals surface area contributed by atoms with E-state index >= 15 is 0 Å². The molecule has 2 heterocycles. The summed E-state index contributed by atoms with van der Waals surface area (Å²) in [5.41, 5.74) is -3.77. The van der Waals surface area contributed by atoms with Crippen LogP contribution in [0.3, 0.4) is 0 Å². The van der Waals surface area contributed by atoms with Gasteiger partial charge in [-0.25, -0.2) is 13.8 Å². The molecule has 178 valence electrons. The van der Waals surface area contributed by atoms with E-state index in [4.69, 9.17) is 11.6 Å². The quantitative estimate of drug-likeness (QED) is 0.413. The number of hydrogen-bond donors (Lipinski definition) is 1. The van der Waals surface area contributed by atoms with E-state index in [1.54, 1.807) is 0 Å². The number of halogens is 9. The van der Waals surface area contributed by atoms with Crippen LogP contribution in [0.5, 0.6) is 0 Å². The van der Waals surface area contributed by atoms with Gasteiger partial charge in [0.15, 0.2) is 5.82 Å². The number of aromatic nitrogens is 1. The summed E-state index contributed by atoms with van der Waals surface area (Å²) in [5.74, 6) is -4.25. The smallest absolute Gasteiger partial charge is 0.341 e. The molecule has 1 saturated heterocycles. The van der Waals surface area contributed by atoms with Crippen LogP contribution in [0, 0.1) is 17.6 Å². The van der Waals surface area contributed by atoms with Crippen molar-refractivity contribution in [3.8, 4) is 0 Å². The predicted octanol–water partition coefficient (Wildman–Crippen LogP) is 6.05. The van der Waals surface area contributed by atoms with Crippen molar-refractivity contribution in [2.75, 3.05) is 10.2 Å². The average Bonchev–Trinajstić information content (AvgIpc) is 3.34. The summed E-state index contributed by atoms with van der Waals surface area (Å²) in [4.78, 5) is 17.5. The lowest BCUT2D eigenvalue weighted by Crippen LogP contribution is -2.49. The fraction of sp³-hybridized carbons (Fsp3) is 0.400. The first kappa shape index (κ1) is 23.5. The molecule has 3 atom stereocenters. The zero-order valence-electron chi connectivity index (χ0n) is 16.4. The maximum atomic E-state index is 14.2. The Labute approximate surface area is 186 Å². The van der Waals surface area contributed by atoms with Crippen molar-refractivity contribution in [2.24, 2.45) is 5.92 Å². The molecule has 1 N–H and O–H groups in total. The van der Waals surface area contributed by atoms with Gasteiger partial charge in [0, 0.05) is 6.04 Å². The number of carbonyl (C=O) groups is 1. The number of nitrogens with zero attached hydrogens (tertiary/aromatic N) is 2. The van der Waals surface area contributed by atoms with E-state index in [9.17, 15) is 39.9 Å². The Kier molecular flexibility index (Phi) is 5.70. The molecule has 4 nitrogen and oxygen atoms in total. The van der Waals surface area contributed by atoms with Gasteiger partial charge in [0.1, 0.15) is 28.4 Å². The van der Waals surface area contributed by atoms with Crippen LogP contribution in [0.4, 0.5) is 46.6 Å². The van der Waals surface area contributed by atoms with Crippen LogP contribution in [0.25, 0.3) is 0 Å². The van der Waals surface area contributed by atoms with Crippen LogP contribution in [0.2, 0.25) is 5.02 Å². The Morgan fingerprint density at radius 3 is 2.39 bits per heavy atom. The zero-order chi connectivity index (χ0) is 24.3. The van der Waals surface area contributed by atoms with Crippen LogP contribution >= 0.6 is 11.6 Å². The highest BCUT2D eigenvalue weighted by Gasteiger charge is 2.51. The van der Waals surface area contributed by atoms with Gasteiger partial charge in [0.25, 0.3) is 0 Å². The largest absolute Gasteiger partial charge is 0.433 e. The predicted molar refractivity (Wildman–Crippen MR) is 102 cm³/mol. The summed E-state index contributed by atoms with van der Waals surface area (Å²) in [5, 5.41) is 1.35. The van der Waals surface area contributed by atoms with Crippen molar-refractivity contribution in [3.63, 3.8) is 0 Å². The number of nitrogens with one attached hydrogen (secondary N) is 1. The number of piperidine rings is 1. The molecule has 0 unspecified atom stereocenters. The maximum Gasteiger partial charge on any atom is 0.433 e. The average molecular weight is 500 g/mol. The molecule has 4 rings (SSSR count). The van der Waals surface area contributed by atoms with Crippen molar-refractivity contribution < 1.29 is 39.9 Å². The van der Waals surface area contributed by atoms with Gasteiger partial charge in [0.05, 0.1) is 11.3 Å². The van der Waals surface area contributed by atoms with Gasteiger partial charge in [-0.2, -0.15) is 26.3 Å². The summed E-state index contributed by atoms with van der Waals surface area (Å²) in [6, 6.07) is 0.363. The Morgan fingerprint density at radius 2 is 1.76 bits per heavy atom. The standard InChI is InChI=1S/C20H14ClF8N3O/c21-15-11(22)3-4-12(16(15)23)30-18(33)17-8-1-2-10(5-8)32(17)14-7-9(19(24,25)26)6-13(31-14)20(27,28)29/h3-4,6-8,10,17H,1-2,5H2,(H,30,33)/t8-,10+,17-/m0/s1. The first-order chi connectivity index (χ1) is 15.3. The number of carbonyl (C=O) groups excluding carboxylic acids is 1. The third-order valence-electron chi connectivity index (χ3n) is 5.84. The molecule has 1 aromatic heterocycles. The Morgan fingerprint density at radius 1 is 1.06 bits per heavy atom. The number of anilines is 2. The minimum absolute atomic E-state index is 0.0944. The Balaban J connectivity index is 1.73. The van der Waals surface area contributed by atoms with Crippen molar-refractivity contribution in [3.05, 3.63) is 52.2 Å². The van der Waals surface area contributed by atoms with Gasteiger partial charge in [-0.15, -0.1) is 0 Å². The Bertz CT molecular complexity index is 1070. The van der Waals surface area contributed by atoms with E-state index in [0.717, 1.165) is 17.0 Å². The van der Waals surface area contributed by atoms with Crippen molar-refractivity contribution in [1.82, 2.24) is 4.98 Å². The van der Waals surface area contributed by atoms with E-state index < -0.39 is 75.7 Å². The first-order valence-electron chi connectivity index (χ1n) is 9.66. The van der Waals surface area contributed by atoms with E-state index in [1.807, 2.05) is 0 Å². The summed E-state index contributed by atoms with van der Waals surface area (Å²) < 4.78 is 107. The molecular formula is C20H14ClF8N3O. The molecule has 1 aliphatic heterocycles. The number of alkyl halides is 6. The number of fused-ring (bicyclic) bond motifs is 2. The van der Waals surface area contributed by atoms with Crippen LogP contribution in [-0.4, -0.2) is 23.0 Å². The molecule has 0 radical (unpaired) electrons. The van der Waals surface area contributed by atoms with Crippen LogP contribution < -0.4 is 10.2 Å². The number of amides is 1. The fourth-order valence-corrected chi connectivity index (χ4v) is 4.61. The monoisotopic (exact) mass is 499 g/mol. The van der Waals surface area contributed by atoms with Gasteiger partial charge >= 0.3 is 12.4 Å². The number of pyridine rings is 1. The van der Waals surface area contributed by atoms with Gasteiger partial charge in [-0.3, -0.25) is 4.79 Å². The maximum absolute atomic E-state index is 14.2. The first-order valence-corrected chi connectivity index (χ1v) is 10.0. The number of hydrogen-bond acceptors (Lipinski definition) is 3. The molecule has 1 saturated carbocycles. The topological polar surface area (TPSA) is 45.2 Å². The van der Waals surface area contributed by atoms with Gasteiger partial charge in [0.2, 0.25) is 5.91 Å². The molecule has 33 heavy (non-hydrogen) atoms. The SMILES string of the molecule is O=C(Nc1ccc(F)c(Cl)c1F)[C@@H]1[C@H]2CC[C@H](C2)N1c1cc(C(F)(F)F)cc(C(F)(F)F)n1. The lowest BCUT2D eigenvalue weighted by molar-refractivity contribution is -0.145. The third-order valence-corrected chi connectivity index (χ3v) is 6.19. The Hall–Kier alpha value is -2.63. The molecule has 1 aromatic carbocycles. The second kappa shape index (κ2) is 8.00. The van der Waals surface area contributed by atoms with Crippen LogP contribution in [0.15, 0.2) is 24.3 Å². The highest BCUT2D eigenvalue weighted by Crippen LogP contribution is 2.46. The fourth-order valence-electron chi connectivity index (χ4n) is 4.44. The highest BCUT2D eigenvalue weighted by molar-refractivity contribution is 6.31. The lowest BCUT2D eigenvalue weighted by atomic mass is 9.97. The molecule has 2 aliphatic rings. The zero-order valence-corrected chi connectivity index (χ0v) is 17.1. The van der Waals surface area contributed by atoms with Crippen molar-refractivity contribution in [2.45, 2.75) is 43.7 Å². The molecule has 2 aromatic rings. The minimum Gasteiger partial charge on any atom is -0.341 e. The summed E-state index contributed by atoms with van der Waals surface area (Å²) >= 11 is 5.50. The third kappa shape index (κ3) is 4.32. The van der Waals surface area contributed by atoms with Gasteiger partial charge in [-0.1, -0.05) is 11.6 Å². The van der Waals surface area contributed by atoms with E-state index in [1.165, 1.54) is 0 Å². The summed E-state index contributed by atoms with van der Waals surface area (Å²) in [6.07, 6.45) is -8.96. The molecule has 0 spiro atoms. The molecule has 2 fully saturated rings. The van der Waals surface area contributed by atoms with Crippen molar-refractivity contribution >= 4 is 29.0 Å². The molecular weight excluding hydrogens is 486 g/mol. The van der Waals surface area contributed by atoms with Crippen LogP contribution in [0.1, 0.15) is 30.5 Å². The van der Waals surface area contributed by atoms with E-state index in [0.29, 0.717) is 25.3 Å². The molecule has 1 aliphatic carbocycles. The number of rotatable bonds is 3. The number of benzene rings is 1. The van der Waals surface area contributed by atoms with Gasteiger partial charge < -0.3 is 10.2 Å². The van der Waals surface area contributed by atoms with E-state index in [2.05, 4.69) is 10.3 Å². The van der Waals surface area contributed by atoms with E-state index in [-0.39, 0.29) is 6.07 Å². The summed E-state index contributed by atoms with van der Waals surface area (Å²) in [7, 11) is 0.